The van der Waals surface area contributed by atoms with Crippen molar-refractivity contribution in [1.29, 1.82) is 0 Å². The first-order chi connectivity index (χ1) is 14.5. The second kappa shape index (κ2) is 8.52. The maximum absolute atomic E-state index is 11.6. The Bertz CT molecular complexity index is 1290. The van der Waals surface area contributed by atoms with Gasteiger partial charge in [0, 0.05) is 21.4 Å². The fourth-order valence-corrected chi connectivity index (χ4v) is 3.87. The summed E-state index contributed by atoms with van der Waals surface area (Å²) in [6.45, 7) is 6.16. The quantitative estimate of drug-likeness (QED) is 0.336. The van der Waals surface area contributed by atoms with Crippen LogP contribution in [-0.4, -0.2) is 6.61 Å². The molecular formula is C26H21O3S. The lowest BCUT2D eigenvalue weighted by Crippen LogP contribution is -1.95. The molecule has 0 unspecified atom stereocenters. The van der Waals surface area contributed by atoms with E-state index in [2.05, 4.69) is 30.9 Å². The summed E-state index contributed by atoms with van der Waals surface area (Å²) in [5.41, 5.74) is 3.44. The summed E-state index contributed by atoms with van der Waals surface area (Å²) >= 11 is 1.68. The molecule has 0 amide bonds. The Morgan fingerprint density at radius 2 is 1.93 bits per heavy atom. The summed E-state index contributed by atoms with van der Waals surface area (Å²) in [5.74, 6) is 8.14. The lowest BCUT2D eigenvalue weighted by Gasteiger charge is -2.06. The van der Waals surface area contributed by atoms with Gasteiger partial charge in [-0.3, -0.25) is 5.11 Å². The van der Waals surface area contributed by atoms with E-state index >= 15 is 0 Å². The number of thiophene rings is 1. The first-order valence-corrected chi connectivity index (χ1v) is 10.5. The van der Waals surface area contributed by atoms with E-state index in [0.29, 0.717) is 17.9 Å². The Kier molecular flexibility index (Phi) is 5.65. The second-order valence-electron chi connectivity index (χ2n) is 7.13. The van der Waals surface area contributed by atoms with E-state index in [1.807, 2.05) is 37.3 Å². The zero-order valence-corrected chi connectivity index (χ0v) is 17.9. The third-order valence-corrected chi connectivity index (χ3v) is 5.61. The fourth-order valence-electron chi connectivity index (χ4n) is 3.15. The molecule has 149 valence electrons. The molecule has 0 aliphatic heterocycles. The molecule has 4 heteroatoms. The number of furan rings is 1. The minimum Gasteiger partial charge on any atom is -0.489 e. The molecule has 2 heterocycles. The smallest absolute Gasteiger partial charge is 0.181 e. The van der Waals surface area contributed by atoms with Crippen molar-refractivity contribution in [1.82, 2.24) is 0 Å². The molecule has 1 radical (unpaired) electrons. The molecule has 0 bridgehead atoms. The van der Waals surface area contributed by atoms with Crippen LogP contribution < -0.4 is 4.74 Å². The highest BCUT2D eigenvalue weighted by molar-refractivity contribution is 7.12. The third-order valence-electron chi connectivity index (χ3n) is 4.70. The van der Waals surface area contributed by atoms with Crippen LogP contribution in [0.1, 0.15) is 26.6 Å². The largest absolute Gasteiger partial charge is 0.489 e. The van der Waals surface area contributed by atoms with Gasteiger partial charge in [0.05, 0.1) is 4.88 Å². The van der Waals surface area contributed by atoms with Crippen LogP contribution in [0.4, 0.5) is 0 Å². The van der Waals surface area contributed by atoms with Gasteiger partial charge in [0.2, 0.25) is 0 Å². The number of allylic oxidation sites excluding steroid dienone is 1. The SMILES string of the molecule is Cc1cc2cc(C(C#Cc3ccc(C)s3)=CCOc3ccc([O])c(C)c3)ccc2o1. The topological polar surface area (TPSA) is 42.3 Å². The molecule has 2 aromatic carbocycles. The number of rotatable bonds is 4. The minimum atomic E-state index is 0.0133. The van der Waals surface area contributed by atoms with Gasteiger partial charge in [0.25, 0.3) is 0 Å². The Hall–Kier alpha value is -3.42. The van der Waals surface area contributed by atoms with Crippen molar-refractivity contribution >= 4 is 27.9 Å². The van der Waals surface area contributed by atoms with Gasteiger partial charge in [0.1, 0.15) is 23.7 Å². The molecule has 0 fully saturated rings. The molecular weight excluding hydrogens is 392 g/mol. The summed E-state index contributed by atoms with van der Waals surface area (Å²) in [4.78, 5) is 2.27. The Balaban J connectivity index is 1.63. The van der Waals surface area contributed by atoms with E-state index < -0.39 is 0 Å². The summed E-state index contributed by atoms with van der Waals surface area (Å²) in [5, 5.41) is 12.6. The zero-order valence-electron chi connectivity index (χ0n) is 17.1. The normalized spacial score (nSPS) is 11.4. The van der Waals surface area contributed by atoms with E-state index in [1.54, 1.807) is 30.4 Å². The van der Waals surface area contributed by atoms with Gasteiger partial charge in [-0.05, 0) is 87.0 Å². The van der Waals surface area contributed by atoms with Crippen LogP contribution >= 0.6 is 11.3 Å². The van der Waals surface area contributed by atoms with Crippen LogP contribution in [0.5, 0.6) is 11.5 Å². The van der Waals surface area contributed by atoms with Gasteiger partial charge >= 0.3 is 0 Å². The van der Waals surface area contributed by atoms with Crippen molar-refractivity contribution in [3.8, 4) is 23.3 Å². The van der Waals surface area contributed by atoms with E-state index in [9.17, 15) is 5.11 Å². The van der Waals surface area contributed by atoms with Crippen LogP contribution in [0, 0.1) is 32.6 Å². The first kappa shape index (κ1) is 19.9. The molecule has 4 aromatic rings. The molecule has 0 aliphatic carbocycles. The van der Waals surface area contributed by atoms with E-state index in [-0.39, 0.29) is 5.75 Å². The molecule has 2 aromatic heterocycles. The van der Waals surface area contributed by atoms with Crippen molar-refractivity contribution in [2.75, 3.05) is 6.61 Å². The minimum absolute atomic E-state index is 0.0133. The van der Waals surface area contributed by atoms with Crippen LogP contribution in [0.25, 0.3) is 16.5 Å². The monoisotopic (exact) mass is 413 g/mol. The van der Waals surface area contributed by atoms with E-state index in [4.69, 9.17) is 9.15 Å². The summed E-state index contributed by atoms with van der Waals surface area (Å²) in [6, 6.07) is 17.2. The lowest BCUT2D eigenvalue weighted by molar-refractivity contribution is 0.344. The van der Waals surface area contributed by atoms with Crippen molar-refractivity contribution < 1.29 is 14.3 Å². The highest BCUT2D eigenvalue weighted by atomic mass is 32.1. The Morgan fingerprint density at radius 1 is 1.07 bits per heavy atom. The Labute approximate surface area is 180 Å². The number of fused-ring (bicyclic) bond motifs is 1. The molecule has 4 rings (SSSR count). The van der Waals surface area contributed by atoms with Crippen LogP contribution in [0.15, 0.2) is 65.1 Å². The number of aryl methyl sites for hydroxylation is 3. The van der Waals surface area contributed by atoms with Crippen molar-refractivity contribution in [3.05, 3.63) is 87.3 Å². The van der Waals surface area contributed by atoms with Gasteiger partial charge < -0.3 is 9.15 Å². The van der Waals surface area contributed by atoms with Gasteiger partial charge in [0.15, 0.2) is 5.75 Å². The average molecular weight is 414 g/mol. The zero-order chi connectivity index (χ0) is 21.1. The molecule has 3 nitrogen and oxygen atoms in total. The number of ether oxygens (including phenoxy) is 1. The second-order valence-corrected chi connectivity index (χ2v) is 8.41. The van der Waals surface area contributed by atoms with E-state index in [1.165, 1.54) is 10.9 Å². The lowest BCUT2D eigenvalue weighted by atomic mass is 10.0. The third kappa shape index (κ3) is 4.59. The number of hydrogen-bond acceptors (Lipinski definition) is 3. The maximum Gasteiger partial charge on any atom is 0.181 e. The van der Waals surface area contributed by atoms with Gasteiger partial charge in [-0.1, -0.05) is 11.8 Å². The standard InChI is InChI=1S/C26H21O3S/c1-17-14-23(7-10-25(17)27)28-13-12-20(5-9-24-8-4-19(3)30-24)21-6-11-26-22(16-21)15-18(2)29-26/h4,6-8,10-12,14-16H,13H2,1-3H3. The van der Waals surface area contributed by atoms with Gasteiger partial charge in [-0.15, -0.1) is 11.3 Å². The predicted molar refractivity (Wildman–Crippen MR) is 122 cm³/mol. The highest BCUT2D eigenvalue weighted by Crippen LogP contribution is 2.25. The fraction of sp³-hybridized carbons (Fsp3) is 0.154. The van der Waals surface area contributed by atoms with Gasteiger partial charge in [-0.25, -0.2) is 0 Å². The summed E-state index contributed by atoms with van der Waals surface area (Å²) in [6.07, 6.45) is 1.97. The van der Waals surface area contributed by atoms with Gasteiger partial charge in [-0.2, -0.15) is 0 Å². The molecule has 0 spiro atoms. The molecule has 0 saturated heterocycles. The van der Waals surface area contributed by atoms with Crippen LogP contribution in [-0.2, 0) is 5.11 Å². The molecule has 30 heavy (non-hydrogen) atoms. The van der Waals surface area contributed by atoms with Crippen molar-refractivity contribution in [2.24, 2.45) is 0 Å². The Morgan fingerprint density at radius 3 is 2.70 bits per heavy atom. The average Bonchev–Trinajstić information content (AvgIpc) is 3.30. The number of hydrogen-bond donors (Lipinski definition) is 0. The van der Waals surface area contributed by atoms with Crippen LogP contribution in [0.3, 0.4) is 0 Å². The molecule has 0 atom stereocenters. The van der Waals surface area contributed by atoms with Crippen LogP contribution in [0.2, 0.25) is 0 Å². The predicted octanol–water partition coefficient (Wildman–Crippen LogP) is 7.08. The first-order valence-electron chi connectivity index (χ1n) is 9.67. The van der Waals surface area contributed by atoms with Crippen molar-refractivity contribution in [3.63, 3.8) is 0 Å². The molecule has 0 N–H and O–H groups in total. The van der Waals surface area contributed by atoms with E-state index in [0.717, 1.165) is 32.7 Å². The highest BCUT2D eigenvalue weighted by Gasteiger charge is 2.06. The summed E-state index contributed by atoms with van der Waals surface area (Å²) in [7, 11) is 0. The maximum atomic E-state index is 11.6. The summed E-state index contributed by atoms with van der Waals surface area (Å²) < 4.78 is 11.5. The molecule has 0 aliphatic rings. The van der Waals surface area contributed by atoms with Crippen molar-refractivity contribution in [2.45, 2.75) is 20.8 Å². The number of benzene rings is 2. The molecule has 0 saturated carbocycles.